The fraction of sp³-hybridized carbons (Fsp3) is 0.150. The Morgan fingerprint density at radius 2 is 1.87 bits per heavy atom. The van der Waals surface area contributed by atoms with Gasteiger partial charge in [0.1, 0.15) is 16.4 Å². The summed E-state index contributed by atoms with van der Waals surface area (Å²) in [6.07, 6.45) is -3.18. The quantitative estimate of drug-likeness (QED) is 0.446. The maximum absolute atomic E-state index is 12.6. The number of carbonyl (C=O) groups excluding carboxylic acids is 2. The van der Waals surface area contributed by atoms with Crippen molar-refractivity contribution in [1.29, 1.82) is 0 Å². The van der Waals surface area contributed by atoms with Crippen LogP contribution in [0.4, 0.5) is 24.7 Å². The van der Waals surface area contributed by atoms with Crippen LogP contribution in [0.15, 0.2) is 58.9 Å². The molecule has 11 heteroatoms. The average molecular weight is 467 g/mol. The number of thiophene rings is 1. The van der Waals surface area contributed by atoms with Crippen LogP contribution in [0.1, 0.15) is 22.2 Å². The molecule has 2 aromatic heterocycles. The monoisotopic (exact) mass is 467 g/mol. The molecular formula is C20H16F3N3O3S2. The number of ether oxygens (including phenoxy) is 1. The third kappa shape index (κ3) is 7.00. The van der Waals surface area contributed by atoms with Crippen LogP contribution in [0.25, 0.3) is 0 Å². The highest BCUT2D eigenvalue weighted by Gasteiger charge is 2.31. The summed E-state index contributed by atoms with van der Waals surface area (Å²) in [4.78, 5) is 29.1. The largest absolute Gasteiger partial charge is 0.573 e. The molecule has 6 nitrogen and oxygen atoms in total. The second-order valence-corrected chi connectivity index (χ2v) is 8.09. The average Bonchev–Trinajstić information content (AvgIpc) is 3.15. The standard InChI is InChI=1S/C20H16F3N3O3S2/c1-12(27)25-17-10-13(6-8-24-17)11-31-16-7-9-30-18(16)19(28)26-14-2-4-15(5-3-14)29-20(21,22)23/h2-10H,11H2,1H3,(H,26,28)(H,24,25,27). The highest BCUT2D eigenvalue weighted by Crippen LogP contribution is 2.31. The van der Waals surface area contributed by atoms with E-state index in [0.717, 1.165) is 22.6 Å². The molecule has 1 aromatic carbocycles. The van der Waals surface area contributed by atoms with Gasteiger partial charge in [0.05, 0.1) is 0 Å². The molecule has 0 radical (unpaired) electrons. The van der Waals surface area contributed by atoms with Crippen molar-refractivity contribution < 1.29 is 27.5 Å². The lowest BCUT2D eigenvalue weighted by Crippen LogP contribution is -2.17. The fourth-order valence-corrected chi connectivity index (χ4v) is 4.46. The Bertz CT molecular complexity index is 1070. The van der Waals surface area contributed by atoms with Crippen molar-refractivity contribution in [3.05, 3.63) is 64.5 Å². The second kappa shape index (κ2) is 9.84. The Kier molecular flexibility index (Phi) is 7.18. The molecule has 0 atom stereocenters. The lowest BCUT2D eigenvalue weighted by atomic mass is 10.3. The van der Waals surface area contributed by atoms with Gasteiger partial charge >= 0.3 is 6.36 Å². The first-order valence-corrected chi connectivity index (χ1v) is 10.7. The van der Waals surface area contributed by atoms with E-state index in [1.54, 1.807) is 17.6 Å². The Morgan fingerprint density at radius 1 is 1.13 bits per heavy atom. The van der Waals surface area contributed by atoms with Crippen LogP contribution in [0.3, 0.4) is 0 Å². The van der Waals surface area contributed by atoms with Crippen molar-refractivity contribution in [3.63, 3.8) is 0 Å². The minimum atomic E-state index is -4.77. The van der Waals surface area contributed by atoms with Crippen molar-refractivity contribution in [2.24, 2.45) is 0 Å². The number of anilines is 2. The van der Waals surface area contributed by atoms with Gasteiger partial charge in [-0.3, -0.25) is 9.59 Å². The summed E-state index contributed by atoms with van der Waals surface area (Å²) < 4.78 is 40.5. The summed E-state index contributed by atoms with van der Waals surface area (Å²) in [7, 11) is 0. The predicted molar refractivity (Wildman–Crippen MR) is 113 cm³/mol. The van der Waals surface area contributed by atoms with Gasteiger partial charge in [0.15, 0.2) is 0 Å². The molecule has 0 saturated heterocycles. The predicted octanol–water partition coefficient (Wildman–Crippen LogP) is 5.54. The van der Waals surface area contributed by atoms with Crippen molar-refractivity contribution in [2.75, 3.05) is 10.6 Å². The van der Waals surface area contributed by atoms with E-state index in [9.17, 15) is 22.8 Å². The van der Waals surface area contributed by atoms with E-state index in [0.29, 0.717) is 22.1 Å². The summed E-state index contributed by atoms with van der Waals surface area (Å²) in [6.45, 7) is 1.40. The van der Waals surface area contributed by atoms with E-state index in [-0.39, 0.29) is 17.6 Å². The van der Waals surface area contributed by atoms with E-state index in [1.165, 1.54) is 42.2 Å². The number of alkyl halides is 3. The number of hydrogen-bond donors (Lipinski definition) is 2. The Balaban J connectivity index is 1.62. The molecule has 3 aromatic rings. The van der Waals surface area contributed by atoms with Gasteiger partial charge < -0.3 is 15.4 Å². The summed E-state index contributed by atoms with van der Waals surface area (Å²) in [5.41, 5.74) is 1.26. The minimum Gasteiger partial charge on any atom is -0.406 e. The number of nitrogens with zero attached hydrogens (tertiary/aromatic N) is 1. The summed E-state index contributed by atoms with van der Waals surface area (Å²) in [5, 5.41) is 7.07. The van der Waals surface area contributed by atoms with Crippen LogP contribution < -0.4 is 15.4 Å². The molecule has 2 amide bonds. The van der Waals surface area contributed by atoms with E-state index >= 15 is 0 Å². The van der Waals surface area contributed by atoms with E-state index < -0.39 is 6.36 Å². The maximum atomic E-state index is 12.6. The first-order valence-electron chi connectivity index (χ1n) is 8.79. The van der Waals surface area contributed by atoms with Gasteiger partial charge in [-0.1, -0.05) is 0 Å². The first kappa shape index (κ1) is 22.6. The van der Waals surface area contributed by atoms with Crippen molar-refractivity contribution >= 4 is 46.4 Å². The Labute approximate surface area is 183 Å². The van der Waals surface area contributed by atoms with E-state index in [1.807, 2.05) is 12.1 Å². The van der Waals surface area contributed by atoms with Gasteiger partial charge in [-0.2, -0.15) is 0 Å². The SMILES string of the molecule is CC(=O)Nc1cc(CSc2ccsc2C(=O)Nc2ccc(OC(F)(F)F)cc2)ccn1. The summed E-state index contributed by atoms with van der Waals surface area (Å²) in [6, 6.07) is 10.3. The molecule has 2 N–H and O–H groups in total. The van der Waals surface area contributed by atoms with E-state index in [4.69, 9.17) is 0 Å². The Morgan fingerprint density at radius 3 is 2.55 bits per heavy atom. The van der Waals surface area contributed by atoms with E-state index in [2.05, 4.69) is 20.4 Å². The molecule has 31 heavy (non-hydrogen) atoms. The van der Waals surface area contributed by atoms with Crippen molar-refractivity contribution in [1.82, 2.24) is 4.98 Å². The number of hydrogen-bond acceptors (Lipinski definition) is 6. The van der Waals surface area contributed by atoms with Gasteiger partial charge in [-0.05, 0) is 53.4 Å². The van der Waals surface area contributed by atoms with Gasteiger partial charge in [-0.25, -0.2) is 4.98 Å². The van der Waals surface area contributed by atoms with Crippen LogP contribution in [0.5, 0.6) is 5.75 Å². The first-order chi connectivity index (χ1) is 14.7. The number of aromatic nitrogens is 1. The van der Waals surface area contributed by atoms with Crippen LogP contribution in [-0.2, 0) is 10.5 Å². The smallest absolute Gasteiger partial charge is 0.406 e. The zero-order valence-corrected chi connectivity index (χ0v) is 17.7. The number of amides is 2. The summed E-state index contributed by atoms with van der Waals surface area (Å²) in [5.74, 6) is 0.0544. The van der Waals surface area contributed by atoms with Gasteiger partial charge in [-0.15, -0.1) is 36.3 Å². The molecule has 0 aliphatic heterocycles. The zero-order chi connectivity index (χ0) is 22.4. The Hall–Kier alpha value is -3.05. The van der Waals surface area contributed by atoms with Gasteiger partial charge in [0.2, 0.25) is 5.91 Å². The van der Waals surface area contributed by atoms with Crippen LogP contribution in [0.2, 0.25) is 0 Å². The number of halogens is 3. The molecule has 3 rings (SSSR count). The second-order valence-electron chi connectivity index (χ2n) is 6.16. The molecule has 0 unspecified atom stereocenters. The third-order valence-electron chi connectivity index (χ3n) is 3.70. The number of pyridine rings is 1. The third-order valence-corrected chi connectivity index (χ3v) is 5.88. The van der Waals surface area contributed by atoms with Gasteiger partial charge in [0.25, 0.3) is 5.91 Å². The number of thioether (sulfide) groups is 1. The molecule has 0 bridgehead atoms. The number of carbonyl (C=O) groups is 2. The maximum Gasteiger partial charge on any atom is 0.573 e. The fourth-order valence-electron chi connectivity index (χ4n) is 2.48. The van der Waals surface area contributed by atoms with Crippen LogP contribution in [0, 0.1) is 0 Å². The molecule has 0 aliphatic rings. The highest BCUT2D eigenvalue weighted by molar-refractivity contribution is 7.98. The zero-order valence-electron chi connectivity index (χ0n) is 16.0. The summed E-state index contributed by atoms with van der Waals surface area (Å²) >= 11 is 2.71. The molecule has 0 aliphatic carbocycles. The number of nitrogens with one attached hydrogen (secondary N) is 2. The topological polar surface area (TPSA) is 80.3 Å². The molecule has 0 fully saturated rings. The number of rotatable bonds is 7. The molecule has 0 saturated carbocycles. The van der Waals surface area contributed by atoms with Crippen molar-refractivity contribution in [3.8, 4) is 5.75 Å². The van der Waals surface area contributed by atoms with Gasteiger partial charge in [0, 0.05) is 29.5 Å². The lowest BCUT2D eigenvalue weighted by molar-refractivity contribution is -0.274. The normalized spacial score (nSPS) is 11.1. The van der Waals surface area contributed by atoms with Crippen LogP contribution in [-0.4, -0.2) is 23.2 Å². The van der Waals surface area contributed by atoms with Crippen LogP contribution >= 0.6 is 23.1 Å². The highest BCUT2D eigenvalue weighted by atomic mass is 32.2. The van der Waals surface area contributed by atoms with Crippen molar-refractivity contribution in [2.45, 2.75) is 23.9 Å². The molecule has 2 heterocycles. The lowest BCUT2D eigenvalue weighted by Gasteiger charge is -2.10. The molecule has 0 spiro atoms. The minimum absolute atomic E-state index is 0.216. The number of benzene rings is 1. The molecular weight excluding hydrogens is 451 g/mol. The molecule has 162 valence electrons.